The van der Waals surface area contributed by atoms with E-state index in [1.807, 2.05) is 42.5 Å². The molecule has 0 aliphatic carbocycles. The van der Waals surface area contributed by atoms with Crippen molar-refractivity contribution in [2.24, 2.45) is 0 Å². The Morgan fingerprint density at radius 1 is 1.10 bits per heavy atom. The maximum Gasteiger partial charge on any atom is 0.361 e. The van der Waals surface area contributed by atoms with Crippen molar-refractivity contribution in [3.8, 4) is 0 Å². The first-order valence-corrected chi connectivity index (χ1v) is 10.5. The number of hydrogen-bond donors (Lipinski definition) is 2. The van der Waals surface area contributed by atoms with E-state index in [1.165, 1.54) is 19.2 Å². The first kappa shape index (κ1) is 21.0. The molecule has 31 heavy (non-hydrogen) atoms. The maximum absolute atomic E-state index is 12.4. The zero-order valence-corrected chi connectivity index (χ0v) is 18.3. The molecule has 3 atom stereocenters. The van der Waals surface area contributed by atoms with Crippen LogP contribution in [0, 0.1) is 10.1 Å². The third kappa shape index (κ3) is 4.30. The lowest BCUT2D eigenvalue weighted by molar-refractivity contribution is -0.947. The minimum Gasteiger partial charge on any atom is -0.465 e. The molecule has 0 amide bonds. The van der Waals surface area contributed by atoms with E-state index in [-0.39, 0.29) is 30.4 Å². The number of ether oxygens (including phenoxy) is 1. The van der Waals surface area contributed by atoms with Crippen LogP contribution in [0.3, 0.4) is 0 Å². The number of non-ortho nitro benzene ring substituents is 1. The topological polar surface area (TPSA) is 85.9 Å². The monoisotopic (exact) mass is 482 g/mol. The van der Waals surface area contributed by atoms with Gasteiger partial charge in [-0.15, -0.1) is 0 Å². The number of nitrogens with zero attached hydrogens (tertiary/aromatic N) is 1. The lowest BCUT2D eigenvalue weighted by Gasteiger charge is -2.40. The summed E-state index contributed by atoms with van der Waals surface area (Å²) in [6.07, 6.45) is -0.307. The van der Waals surface area contributed by atoms with Gasteiger partial charge in [0, 0.05) is 39.0 Å². The van der Waals surface area contributed by atoms with E-state index in [0.717, 1.165) is 31.8 Å². The number of fused-ring (bicyclic) bond motifs is 1. The molecule has 0 saturated carbocycles. The summed E-state index contributed by atoms with van der Waals surface area (Å²) in [5.41, 5.74) is 3.94. The minimum absolute atomic E-state index is 0.0259. The third-order valence-corrected chi connectivity index (χ3v) is 6.01. The van der Waals surface area contributed by atoms with E-state index >= 15 is 0 Å². The average molecular weight is 483 g/mol. The highest BCUT2D eigenvalue weighted by molar-refractivity contribution is 9.10. The van der Waals surface area contributed by atoms with Crippen LogP contribution in [-0.4, -0.2) is 24.5 Å². The van der Waals surface area contributed by atoms with Crippen LogP contribution in [0.25, 0.3) is 0 Å². The lowest BCUT2D eigenvalue weighted by atomic mass is 9.91. The highest BCUT2D eigenvalue weighted by Gasteiger charge is 2.41. The molecule has 0 bridgehead atoms. The molecular formula is C23H21BrN3O4+. The Bertz CT molecular complexity index is 1110. The Morgan fingerprint density at radius 3 is 2.45 bits per heavy atom. The van der Waals surface area contributed by atoms with Crippen molar-refractivity contribution < 1.29 is 19.4 Å². The largest absolute Gasteiger partial charge is 0.465 e. The van der Waals surface area contributed by atoms with Crippen LogP contribution >= 0.6 is 15.9 Å². The second-order valence-electron chi connectivity index (χ2n) is 7.33. The third-order valence-electron chi connectivity index (χ3n) is 5.51. The number of rotatable bonds is 5. The van der Waals surface area contributed by atoms with Crippen molar-refractivity contribution >= 4 is 33.3 Å². The summed E-state index contributed by atoms with van der Waals surface area (Å²) in [7, 11) is 1.38. The minimum atomic E-state index is -0.420. The molecule has 1 heterocycles. The second kappa shape index (κ2) is 8.87. The molecule has 1 unspecified atom stereocenters. The summed E-state index contributed by atoms with van der Waals surface area (Å²) in [5, 5.41) is 14.6. The number of anilines is 1. The van der Waals surface area contributed by atoms with Crippen molar-refractivity contribution in [1.29, 1.82) is 0 Å². The number of halogens is 1. The van der Waals surface area contributed by atoms with Crippen molar-refractivity contribution in [2.45, 2.75) is 12.2 Å². The Balaban J connectivity index is 1.86. The normalized spacial score (nSPS) is 19.7. The summed E-state index contributed by atoms with van der Waals surface area (Å²) in [6.45, 7) is 0.122. The van der Waals surface area contributed by atoms with Gasteiger partial charge in [0.05, 0.1) is 12.0 Å². The second-order valence-corrected chi connectivity index (χ2v) is 8.24. The van der Waals surface area contributed by atoms with Crippen molar-refractivity contribution in [2.75, 3.05) is 19.0 Å². The van der Waals surface area contributed by atoms with Gasteiger partial charge in [0.1, 0.15) is 6.04 Å². The van der Waals surface area contributed by atoms with E-state index in [9.17, 15) is 14.9 Å². The molecule has 0 radical (unpaired) electrons. The van der Waals surface area contributed by atoms with Crippen LogP contribution in [-0.2, 0) is 9.53 Å². The number of nitro benzene ring substituents is 1. The maximum atomic E-state index is 12.4. The van der Waals surface area contributed by atoms with Gasteiger partial charge in [-0.1, -0.05) is 46.3 Å². The van der Waals surface area contributed by atoms with E-state index in [0.29, 0.717) is 0 Å². The zero-order valence-electron chi connectivity index (χ0n) is 16.7. The van der Waals surface area contributed by atoms with E-state index < -0.39 is 4.92 Å². The van der Waals surface area contributed by atoms with Gasteiger partial charge in [-0.05, 0) is 30.3 Å². The van der Waals surface area contributed by atoms with Crippen LogP contribution in [0.1, 0.15) is 28.9 Å². The van der Waals surface area contributed by atoms with Gasteiger partial charge >= 0.3 is 5.97 Å². The van der Waals surface area contributed by atoms with Crippen molar-refractivity contribution in [1.82, 2.24) is 0 Å². The Kier molecular flexibility index (Phi) is 6.01. The van der Waals surface area contributed by atoms with Gasteiger partial charge in [-0.2, -0.15) is 0 Å². The molecule has 158 valence electrons. The summed E-state index contributed by atoms with van der Waals surface area (Å²) < 4.78 is 5.94. The number of benzene rings is 3. The Labute approximate surface area is 187 Å². The molecule has 0 fully saturated rings. The van der Waals surface area contributed by atoms with Gasteiger partial charge in [0.25, 0.3) is 5.69 Å². The summed E-state index contributed by atoms with van der Waals surface area (Å²) >= 11 is 3.56. The summed E-state index contributed by atoms with van der Waals surface area (Å²) in [4.78, 5) is 24.0. The quantitative estimate of drug-likeness (QED) is 0.329. The predicted octanol–water partition coefficient (Wildman–Crippen LogP) is 3.63. The molecule has 7 nitrogen and oxygen atoms in total. The molecule has 1 aliphatic heterocycles. The number of quaternary nitrogens is 1. The molecule has 4 rings (SSSR count). The molecule has 1 aliphatic rings. The number of hydrogen-bond acceptors (Lipinski definition) is 5. The summed E-state index contributed by atoms with van der Waals surface area (Å²) in [5.74, 6) is -0.330. The smallest absolute Gasteiger partial charge is 0.361 e. The predicted molar refractivity (Wildman–Crippen MR) is 120 cm³/mol. The summed E-state index contributed by atoms with van der Waals surface area (Å²) in [6, 6.07) is 22.3. The molecule has 2 N–H and O–H groups in total. The standard InChI is InChI=1S/C23H20BrN3O4/c1-31-21(28)14-26-22(15-5-3-2-4-6-15)19-13-17(24)9-12-20(19)25-23(26)16-7-10-18(11-8-16)27(29)30/h2-13,22-23,25H,14H2,1H3/p+1/t22-,23-/m0/s1. The fraction of sp³-hybridized carbons (Fsp3) is 0.174. The molecule has 0 spiro atoms. The van der Waals surface area contributed by atoms with Gasteiger partial charge in [-0.25, -0.2) is 4.79 Å². The van der Waals surface area contributed by atoms with Gasteiger partial charge < -0.3 is 10.1 Å². The average Bonchev–Trinajstić information content (AvgIpc) is 2.79. The van der Waals surface area contributed by atoms with Crippen molar-refractivity contribution in [3.63, 3.8) is 0 Å². The Hall–Kier alpha value is -3.23. The van der Waals surface area contributed by atoms with Crippen LogP contribution in [0.5, 0.6) is 0 Å². The zero-order chi connectivity index (χ0) is 22.0. The SMILES string of the molecule is COC(=O)C[NH+]1[C@@H](c2ccccc2)c2cc(Br)ccc2N[C@@H]1c1ccc([N+](=O)[O-])cc1. The number of methoxy groups -OCH3 is 1. The van der Waals surface area contributed by atoms with E-state index in [2.05, 4.69) is 27.3 Å². The molecule has 3 aromatic rings. The highest BCUT2D eigenvalue weighted by Crippen LogP contribution is 2.35. The van der Waals surface area contributed by atoms with Crippen LogP contribution in [0.2, 0.25) is 0 Å². The fourth-order valence-corrected chi connectivity index (χ4v) is 4.47. The van der Waals surface area contributed by atoms with Gasteiger partial charge in [0.2, 0.25) is 0 Å². The molecule has 3 aromatic carbocycles. The molecular weight excluding hydrogens is 462 g/mol. The van der Waals surface area contributed by atoms with Gasteiger partial charge in [-0.3, -0.25) is 15.0 Å². The number of nitrogens with one attached hydrogen (secondary N) is 2. The first-order chi connectivity index (χ1) is 15.0. The number of esters is 1. The van der Waals surface area contributed by atoms with Crippen LogP contribution in [0.15, 0.2) is 77.3 Å². The molecule has 8 heteroatoms. The van der Waals surface area contributed by atoms with Crippen LogP contribution in [0.4, 0.5) is 11.4 Å². The van der Waals surface area contributed by atoms with Crippen LogP contribution < -0.4 is 10.2 Å². The first-order valence-electron chi connectivity index (χ1n) is 9.75. The number of carbonyl (C=O) groups excluding carboxylic acids is 1. The molecule has 0 aromatic heterocycles. The Morgan fingerprint density at radius 2 is 1.81 bits per heavy atom. The number of nitro groups is 1. The fourth-order valence-electron chi connectivity index (χ4n) is 4.09. The molecule has 0 saturated heterocycles. The van der Waals surface area contributed by atoms with Crippen molar-refractivity contribution in [3.05, 3.63) is 104 Å². The lowest BCUT2D eigenvalue weighted by Crippen LogP contribution is -3.15. The van der Waals surface area contributed by atoms with E-state index in [1.54, 1.807) is 12.1 Å². The number of carbonyl (C=O) groups is 1. The van der Waals surface area contributed by atoms with Gasteiger partial charge in [0.15, 0.2) is 12.7 Å². The van der Waals surface area contributed by atoms with E-state index in [4.69, 9.17) is 4.74 Å². The highest BCUT2D eigenvalue weighted by atomic mass is 79.9.